The van der Waals surface area contributed by atoms with E-state index in [1.807, 2.05) is 0 Å². The van der Waals surface area contributed by atoms with Gasteiger partial charge in [0.2, 0.25) is 12.7 Å². The van der Waals surface area contributed by atoms with Gasteiger partial charge in [-0.25, -0.2) is 0 Å². The number of rotatable bonds is 5. The number of halogens is 1. The number of hydrogen-bond acceptors (Lipinski definition) is 5. The standard InChI is InChI=1S/C17H15ClN2O5/c1-23-13-5-3-11(18)7-12(13)20-16(21)8-19-17(22)10-2-4-14-15(6-10)25-9-24-14/h2-7H,8-9H2,1H3,(H,19,22)(H,20,21). The van der Waals surface area contributed by atoms with E-state index in [0.29, 0.717) is 33.5 Å². The maximum Gasteiger partial charge on any atom is 0.251 e. The highest BCUT2D eigenvalue weighted by Gasteiger charge is 2.17. The molecule has 0 unspecified atom stereocenters. The van der Waals surface area contributed by atoms with Gasteiger partial charge in [0.05, 0.1) is 19.3 Å². The van der Waals surface area contributed by atoms with Gasteiger partial charge in [0.15, 0.2) is 11.5 Å². The Morgan fingerprint density at radius 3 is 2.76 bits per heavy atom. The molecule has 0 saturated carbocycles. The third-order valence-corrected chi connectivity index (χ3v) is 3.71. The number of carbonyl (C=O) groups excluding carboxylic acids is 2. The van der Waals surface area contributed by atoms with E-state index >= 15 is 0 Å². The van der Waals surface area contributed by atoms with Gasteiger partial charge in [-0.1, -0.05) is 11.6 Å². The summed E-state index contributed by atoms with van der Waals surface area (Å²) in [6.07, 6.45) is 0. The number of hydrogen-bond donors (Lipinski definition) is 2. The molecule has 3 rings (SSSR count). The van der Waals surface area contributed by atoms with Crippen LogP contribution in [0.15, 0.2) is 36.4 Å². The van der Waals surface area contributed by atoms with Crippen molar-refractivity contribution in [1.82, 2.24) is 5.32 Å². The molecule has 0 atom stereocenters. The van der Waals surface area contributed by atoms with E-state index in [2.05, 4.69) is 10.6 Å². The first-order valence-electron chi connectivity index (χ1n) is 7.38. The minimum atomic E-state index is -0.408. The first-order valence-corrected chi connectivity index (χ1v) is 7.76. The molecule has 2 amide bonds. The summed E-state index contributed by atoms with van der Waals surface area (Å²) in [5.74, 6) is 0.754. The fourth-order valence-corrected chi connectivity index (χ4v) is 2.44. The van der Waals surface area contributed by atoms with Gasteiger partial charge in [-0.05, 0) is 36.4 Å². The van der Waals surface area contributed by atoms with Crippen LogP contribution in [-0.2, 0) is 4.79 Å². The second-order valence-corrected chi connectivity index (χ2v) is 5.58. The monoisotopic (exact) mass is 362 g/mol. The molecule has 0 aromatic heterocycles. The van der Waals surface area contributed by atoms with Crippen LogP contribution in [0.1, 0.15) is 10.4 Å². The first-order chi connectivity index (χ1) is 12.1. The molecule has 1 aliphatic rings. The molecule has 2 N–H and O–H groups in total. The van der Waals surface area contributed by atoms with Gasteiger partial charge in [-0.2, -0.15) is 0 Å². The van der Waals surface area contributed by atoms with Crippen molar-refractivity contribution in [2.75, 3.05) is 25.8 Å². The number of nitrogens with one attached hydrogen (secondary N) is 2. The van der Waals surface area contributed by atoms with E-state index in [9.17, 15) is 9.59 Å². The highest BCUT2D eigenvalue weighted by Crippen LogP contribution is 2.32. The Labute approximate surface area is 148 Å². The zero-order valence-corrected chi connectivity index (χ0v) is 14.1. The molecule has 0 bridgehead atoms. The van der Waals surface area contributed by atoms with Crippen molar-refractivity contribution >= 4 is 29.1 Å². The van der Waals surface area contributed by atoms with Crippen LogP contribution in [0.5, 0.6) is 17.2 Å². The summed E-state index contributed by atoms with van der Waals surface area (Å²) in [6.45, 7) is -0.0762. The third-order valence-electron chi connectivity index (χ3n) is 3.48. The SMILES string of the molecule is COc1ccc(Cl)cc1NC(=O)CNC(=O)c1ccc2c(c1)OCO2. The summed E-state index contributed by atoms with van der Waals surface area (Å²) in [5.41, 5.74) is 0.801. The predicted octanol–water partition coefficient (Wildman–Crippen LogP) is 2.45. The fourth-order valence-electron chi connectivity index (χ4n) is 2.27. The van der Waals surface area contributed by atoms with Crippen LogP contribution in [0.2, 0.25) is 5.02 Å². The lowest BCUT2D eigenvalue weighted by Crippen LogP contribution is -2.32. The van der Waals surface area contributed by atoms with Crippen molar-refractivity contribution < 1.29 is 23.8 Å². The normalized spacial score (nSPS) is 11.8. The van der Waals surface area contributed by atoms with Crippen molar-refractivity contribution in [2.45, 2.75) is 0 Å². The van der Waals surface area contributed by atoms with Gasteiger partial charge >= 0.3 is 0 Å². The minimum Gasteiger partial charge on any atom is -0.495 e. The zero-order chi connectivity index (χ0) is 17.8. The first kappa shape index (κ1) is 16.9. The topological polar surface area (TPSA) is 85.9 Å². The Kier molecular flexibility index (Phi) is 4.95. The molecular weight excluding hydrogens is 348 g/mol. The Balaban J connectivity index is 1.59. The number of benzene rings is 2. The molecule has 0 radical (unpaired) electrons. The van der Waals surface area contributed by atoms with Crippen LogP contribution in [0.25, 0.3) is 0 Å². The lowest BCUT2D eigenvalue weighted by atomic mass is 10.2. The van der Waals surface area contributed by atoms with Crippen molar-refractivity contribution in [3.8, 4) is 17.2 Å². The lowest BCUT2D eigenvalue weighted by molar-refractivity contribution is -0.115. The summed E-state index contributed by atoms with van der Waals surface area (Å²) < 4.78 is 15.6. The van der Waals surface area contributed by atoms with Crippen molar-refractivity contribution in [3.05, 3.63) is 47.0 Å². The van der Waals surface area contributed by atoms with Crippen LogP contribution in [0.4, 0.5) is 5.69 Å². The van der Waals surface area contributed by atoms with Crippen LogP contribution in [-0.4, -0.2) is 32.3 Å². The zero-order valence-electron chi connectivity index (χ0n) is 13.3. The van der Waals surface area contributed by atoms with Crippen molar-refractivity contribution in [3.63, 3.8) is 0 Å². The second kappa shape index (κ2) is 7.31. The summed E-state index contributed by atoms with van der Waals surface area (Å²) in [5, 5.41) is 5.64. The van der Waals surface area contributed by atoms with Gasteiger partial charge in [0.1, 0.15) is 5.75 Å². The van der Waals surface area contributed by atoms with E-state index in [0.717, 1.165) is 0 Å². The van der Waals surface area contributed by atoms with Gasteiger partial charge in [-0.15, -0.1) is 0 Å². The largest absolute Gasteiger partial charge is 0.495 e. The Morgan fingerprint density at radius 1 is 1.16 bits per heavy atom. The second-order valence-electron chi connectivity index (χ2n) is 5.14. The summed E-state index contributed by atoms with van der Waals surface area (Å²) in [4.78, 5) is 24.2. The number of carbonyl (C=O) groups is 2. The summed E-state index contributed by atoms with van der Waals surface area (Å²) in [7, 11) is 1.49. The molecule has 0 aliphatic carbocycles. The summed E-state index contributed by atoms with van der Waals surface area (Å²) >= 11 is 5.91. The highest BCUT2D eigenvalue weighted by molar-refractivity contribution is 6.31. The molecule has 0 fully saturated rings. The molecule has 25 heavy (non-hydrogen) atoms. The van der Waals surface area contributed by atoms with Crippen molar-refractivity contribution in [1.29, 1.82) is 0 Å². The fraction of sp³-hybridized carbons (Fsp3) is 0.176. The number of anilines is 1. The van der Waals surface area contributed by atoms with Crippen LogP contribution in [0.3, 0.4) is 0 Å². The Morgan fingerprint density at radius 2 is 1.96 bits per heavy atom. The molecule has 8 heteroatoms. The number of methoxy groups -OCH3 is 1. The van der Waals surface area contributed by atoms with E-state index in [4.69, 9.17) is 25.8 Å². The number of amides is 2. The number of ether oxygens (including phenoxy) is 3. The Hall–Kier alpha value is -2.93. The average Bonchev–Trinajstić information content (AvgIpc) is 3.07. The maximum absolute atomic E-state index is 12.1. The lowest BCUT2D eigenvalue weighted by Gasteiger charge is -2.11. The van der Waals surface area contributed by atoms with E-state index in [1.165, 1.54) is 7.11 Å². The van der Waals surface area contributed by atoms with Crippen LogP contribution in [0, 0.1) is 0 Å². The minimum absolute atomic E-state index is 0.129. The molecule has 0 spiro atoms. The summed E-state index contributed by atoms with van der Waals surface area (Å²) in [6, 6.07) is 9.67. The molecule has 1 heterocycles. The highest BCUT2D eigenvalue weighted by atomic mass is 35.5. The van der Waals surface area contributed by atoms with Gasteiger partial charge in [0.25, 0.3) is 5.91 Å². The van der Waals surface area contributed by atoms with Gasteiger partial charge in [0, 0.05) is 10.6 Å². The quantitative estimate of drug-likeness (QED) is 0.853. The molecule has 7 nitrogen and oxygen atoms in total. The Bertz CT molecular complexity index is 825. The molecule has 2 aromatic rings. The molecule has 0 saturated heterocycles. The molecule has 130 valence electrons. The smallest absolute Gasteiger partial charge is 0.251 e. The number of fused-ring (bicyclic) bond motifs is 1. The van der Waals surface area contributed by atoms with E-state index < -0.39 is 11.8 Å². The average molecular weight is 363 g/mol. The van der Waals surface area contributed by atoms with E-state index in [1.54, 1.807) is 36.4 Å². The van der Waals surface area contributed by atoms with Crippen molar-refractivity contribution in [2.24, 2.45) is 0 Å². The predicted molar refractivity (Wildman–Crippen MR) is 91.5 cm³/mol. The van der Waals surface area contributed by atoms with Gasteiger partial charge < -0.3 is 24.8 Å². The van der Waals surface area contributed by atoms with E-state index in [-0.39, 0.29) is 13.3 Å². The third kappa shape index (κ3) is 3.95. The van der Waals surface area contributed by atoms with Crippen LogP contribution < -0.4 is 24.8 Å². The molecule has 1 aliphatic heterocycles. The maximum atomic E-state index is 12.1. The molecule has 2 aromatic carbocycles. The van der Waals surface area contributed by atoms with Crippen LogP contribution >= 0.6 is 11.6 Å². The van der Waals surface area contributed by atoms with Gasteiger partial charge in [-0.3, -0.25) is 9.59 Å². The molecular formula is C17H15ClN2O5.